The van der Waals surface area contributed by atoms with Gasteiger partial charge in [-0.3, -0.25) is 0 Å². The summed E-state index contributed by atoms with van der Waals surface area (Å²) in [5.41, 5.74) is 7.86. The van der Waals surface area contributed by atoms with Gasteiger partial charge in [-0.2, -0.15) is 0 Å². The number of benzene rings is 1. The molecule has 1 aromatic carbocycles. The summed E-state index contributed by atoms with van der Waals surface area (Å²) in [7, 11) is 0. The van der Waals surface area contributed by atoms with Crippen molar-refractivity contribution in [2.45, 2.75) is 25.8 Å². The number of fused-ring (bicyclic) bond motifs is 1. The van der Waals surface area contributed by atoms with Crippen LogP contribution in [0.2, 0.25) is 5.02 Å². The molecule has 0 amide bonds. The summed E-state index contributed by atoms with van der Waals surface area (Å²) in [4.78, 5) is 0. The molecule has 2 nitrogen and oxygen atoms in total. The Kier molecular flexibility index (Phi) is 3.97. The highest BCUT2D eigenvalue weighted by Gasteiger charge is 2.20. The first-order valence-corrected chi connectivity index (χ1v) is 6.43. The van der Waals surface area contributed by atoms with E-state index in [0.717, 1.165) is 34.8 Å². The molecule has 0 radical (unpaired) electrons. The Bertz CT molecular complexity index is 457. The molecule has 0 saturated heterocycles. The smallest absolute Gasteiger partial charge is 0.128 e. The van der Waals surface area contributed by atoms with Crippen molar-refractivity contribution < 1.29 is 4.74 Å². The number of hydrogen-bond acceptors (Lipinski definition) is 2. The van der Waals surface area contributed by atoms with E-state index in [0.29, 0.717) is 11.6 Å². The molecule has 2 rings (SSSR count). The molecule has 0 aromatic heterocycles. The van der Waals surface area contributed by atoms with Gasteiger partial charge in [-0.1, -0.05) is 30.1 Å². The highest BCUT2D eigenvalue weighted by atomic mass is 35.5. The van der Waals surface area contributed by atoms with Crippen molar-refractivity contribution in [3.05, 3.63) is 34.4 Å². The minimum atomic E-state index is 0.128. The Morgan fingerprint density at radius 2 is 2.18 bits per heavy atom. The van der Waals surface area contributed by atoms with Crippen molar-refractivity contribution in [2.24, 2.45) is 5.73 Å². The predicted molar refractivity (Wildman–Crippen MR) is 72.6 cm³/mol. The van der Waals surface area contributed by atoms with E-state index >= 15 is 0 Å². The van der Waals surface area contributed by atoms with Gasteiger partial charge in [-0.15, -0.1) is 0 Å². The molecule has 0 aliphatic carbocycles. The summed E-state index contributed by atoms with van der Waals surface area (Å²) in [6, 6.07) is 5.60. The number of nitrogens with two attached hydrogens (primary N) is 1. The van der Waals surface area contributed by atoms with Crippen molar-refractivity contribution in [3.63, 3.8) is 0 Å². The highest BCUT2D eigenvalue weighted by Crippen LogP contribution is 2.38. The van der Waals surface area contributed by atoms with E-state index in [1.54, 1.807) is 6.07 Å². The SMILES string of the molecule is CCC(N)CC1=C(Cl)c2cc(Cl)ccc2OC1. The second-order valence-electron chi connectivity index (χ2n) is 4.22. The normalized spacial score (nSPS) is 16.5. The van der Waals surface area contributed by atoms with Crippen LogP contribution in [-0.2, 0) is 0 Å². The molecule has 1 aromatic rings. The van der Waals surface area contributed by atoms with Crippen LogP contribution in [0.5, 0.6) is 5.75 Å². The van der Waals surface area contributed by atoms with Gasteiger partial charge in [0.2, 0.25) is 0 Å². The van der Waals surface area contributed by atoms with E-state index in [-0.39, 0.29) is 6.04 Å². The first-order valence-electron chi connectivity index (χ1n) is 5.67. The molecule has 17 heavy (non-hydrogen) atoms. The molecular formula is C13H15Cl2NO. The molecular weight excluding hydrogens is 257 g/mol. The van der Waals surface area contributed by atoms with Gasteiger partial charge in [-0.25, -0.2) is 0 Å². The van der Waals surface area contributed by atoms with E-state index in [9.17, 15) is 0 Å². The number of rotatable bonds is 3. The topological polar surface area (TPSA) is 35.2 Å². The summed E-state index contributed by atoms with van der Waals surface area (Å²) < 4.78 is 5.65. The van der Waals surface area contributed by atoms with Gasteiger partial charge in [0.15, 0.2) is 0 Å². The summed E-state index contributed by atoms with van der Waals surface area (Å²) in [5.74, 6) is 0.785. The zero-order chi connectivity index (χ0) is 12.4. The van der Waals surface area contributed by atoms with Crippen LogP contribution < -0.4 is 10.5 Å². The first kappa shape index (κ1) is 12.7. The van der Waals surface area contributed by atoms with Gasteiger partial charge in [0.25, 0.3) is 0 Å². The zero-order valence-corrected chi connectivity index (χ0v) is 11.2. The molecule has 0 spiro atoms. The zero-order valence-electron chi connectivity index (χ0n) is 9.67. The van der Waals surface area contributed by atoms with Crippen LogP contribution in [0.3, 0.4) is 0 Å². The van der Waals surface area contributed by atoms with Crippen LogP contribution in [0.1, 0.15) is 25.3 Å². The minimum absolute atomic E-state index is 0.128. The van der Waals surface area contributed by atoms with Crippen LogP contribution in [0.25, 0.3) is 5.03 Å². The van der Waals surface area contributed by atoms with Gasteiger partial charge >= 0.3 is 0 Å². The standard InChI is InChI=1S/C13H15Cl2NO/c1-2-10(16)5-8-7-17-12-4-3-9(14)6-11(12)13(8)15/h3-4,6,10H,2,5,7,16H2,1H3. The van der Waals surface area contributed by atoms with E-state index in [1.807, 2.05) is 12.1 Å². The van der Waals surface area contributed by atoms with Gasteiger partial charge in [-0.05, 0) is 36.6 Å². The fourth-order valence-corrected chi connectivity index (χ4v) is 2.28. The van der Waals surface area contributed by atoms with Gasteiger partial charge in [0, 0.05) is 16.6 Å². The quantitative estimate of drug-likeness (QED) is 0.908. The number of halogens is 2. The van der Waals surface area contributed by atoms with Crippen molar-refractivity contribution in [3.8, 4) is 5.75 Å². The minimum Gasteiger partial charge on any atom is -0.489 e. The van der Waals surface area contributed by atoms with Crippen molar-refractivity contribution in [2.75, 3.05) is 6.61 Å². The van der Waals surface area contributed by atoms with Gasteiger partial charge in [0.05, 0.1) is 5.03 Å². The highest BCUT2D eigenvalue weighted by molar-refractivity contribution is 6.50. The Balaban J connectivity index is 2.33. The average molecular weight is 272 g/mol. The summed E-state index contributed by atoms with van der Waals surface area (Å²) in [5, 5.41) is 1.39. The lowest BCUT2D eigenvalue weighted by Crippen LogP contribution is -2.22. The fraction of sp³-hybridized carbons (Fsp3) is 0.385. The lowest BCUT2D eigenvalue weighted by atomic mass is 10.0. The Morgan fingerprint density at radius 3 is 2.88 bits per heavy atom. The lowest BCUT2D eigenvalue weighted by molar-refractivity contribution is 0.339. The molecule has 4 heteroatoms. The van der Waals surface area contributed by atoms with E-state index in [4.69, 9.17) is 33.7 Å². The predicted octanol–water partition coefficient (Wildman–Crippen LogP) is 3.81. The van der Waals surface area contributed by atoms with Crippen molar-refractivity contribution in [1.29, 1.82) is 0 Å². The number of ether oxygens (including phenoxy) is 1. The molecule has 1 heterocycles. The molecule has 0 bridgehead atoms. The molecule has 0 saturated carbocycles. The number of hydrogen-bond donors (Lipinski definition) is 1. The molecule has 92 valence electrons. The van der Waals surface area contributed by atoms with Crippen molar-refractivity contribution >= 4 is 28.2 Å². The third kappa shape index (κ3) is 2.76. The van der Waals surface area contributed by atoms with Crippen LogP contribution in [0.4, 0.5) is 0 Å². The first-order chi connectivity index (χ1) is 8.11. The van der Waals surface area contributed by atoms with Gasteiger partial charge < -0.3 is 10.5 Å². The molecule has 2 N–H and O–H groups in total. The Morgan fingerprint density at radius 1 is 1.41 bits per heavy atom. The molecule has 0 fully saturated rings. The fourth-order valence-electron chi connectivity index (χ4n) is 1.83. The van der Waals surface area contributed by atoms with Crippen LogP contribution in [0.15, 0.2) is 23.8 Å². The molecule has 1 unspecified atom stereocenters. The largest absolute Gasteiger partial charge is 0.489 e. The van der Waals surface area contributed by atoms with Crippen LogP contribution in [-0.4, -0.2) is 12.6 Å². The van der Waals surface area contributed by atoms with Gasteiger partial charge in [0.1, 0.15) is 12.4 Å². The lowest BCUT2D eigenvalue weighted by Gasteiger charge is -2.22. The summed E-state index contributed by atoms with van der Waals surface area (Å²) >= 11 is 12.3. The summed E-state index contributed by atoms with van der Waals surface area (Å²) in [6.45, 7) is 2.58. The molecule has 1 aliphatic heterocycles. The Labute approximate surface area is 111 Å². The Hall–Kier alpha value is -0.700. The van der Waals surface area contributed by atoms with Crippen LogP contribution in [0, 0.1) is 0 Å². The van der Waals surface area contributed by atoms with Crippen molar-refractivity contribution in [1.82, 2.24) is 0 Å². The van der Waals surface area contributed by atoms with E-state index in [2.05, 4.69) is 6.92 Å². The third-order valence-corrected chi connectivity index (χ3v) is 3.63. The third-order valence-electron chi connectivity index (χ3n) is 2.92. The second kappa shape index (κ2) is 5.30. The molecule has 1 aliphatic rings. The maximum absolute atomic E-state index is 6.37. The van der Waals surface area contributed by atoms with E-state index in [1.165, 1.54) is 0 Å². The monoisotopic (exact) mass is 271 g/mol. The van der Waals surface area contributed by atoms with E-state index < -0.39 is 0 Å². The second-order valence-corrected chi connectivity index (χ2v) is 5.03. The van der Waals surface area contributed by atoms with Crippen LogP contribution >= 0.6 is 23.2 Å². The maximum Gasteiger partial charge on any atom is 0.128 e. The maximum atomic E-state index is 6.37. The summed E-state index contributed by atoms with van der Waals surface area (Å²) in [6.07, 6.45) is 1.69. The molecule has 1 atom stereocenters. The average Bonchev–Trinajstić information content (AvgIpc) is 2.33.